The topological polar surface area (TPSA) is 43.1 Å². The number of rotatable bonds is 4. The molecule has 0 N–H and O–H groups in total. The first-order valence-electron chi connectivity index (χ1n) is 5.63. The number of nitro benzene ring substituents is 1. The SMILES string of the molecule is O=[N+]([O-])c1ccc(CCc2ccc(F)cc2)cc1. The molecule has 2 aromatic carbocycles. The zero-order valence-corrected chi connectivity index (χ0v) is 9.67. The Labute approximate surface area is 104 Å². The number of halogens is 1. The summed E-state index contributed by atoms with van der Waals surface area (Å²) in [6.45, 7) is 0. The smallest absolute Gasteiger partial charge is 0.258 e. The minimum atomic E-state index is -0.413. The van der Waals surface area contributed by atoms with E-state index in [-0.39, 0.29) is 11.5 Å². The van der Waals surface area contributed by atoms with E-state index in [2.05, 4.69) is 0 Å². The van der Waals surface area contributed by atoms with Crippen LogP contribution in [0.15, 0.2) is 48.5 Å². The summed E-state index contributed by atoms with van der Waals surface area (Å²) < 4.78 is 12.7. The number of nitrogens with zero attached hydrogens (tertiary/aromatic N) is 1. The van der Waals surface area contributed by atoms with Gasteiger partial charge in [0.1, 0.15) is 5.82 Å². The number of non-ortho nitro benzene ring substituents is 1. The lowest BCUT2D eigenvalue weighted by atomic mass is 10.0. The van der Waals surface area contributed by atoms with Gasteiger partial charge in [-0.25, -0.2) is 4.39 Å². The molecule has 2 rings (SSSR count). The van der Waals surface area contributed by atoms with Crippen LogP contribution in [-0.4, -0.2) is 4.92 Å². The van der Waals surface area contributed by atoms with Gasteiger partial charge < -0.3 is 0 Å². The number of hydrogen-bond acceptors (Lipinski definition) is 2. The predicted octanol–water partition coefficient (Wildman–Crippen LogP) is 3.52. The van der Waals surface area contributed by atoms with Crippen LogP contribution in [-0.2, 0) is 12.8 Å². The Morgan fingerprint density at radius 2 is 1.33 bits per heavy atom. The minimum absolute atomic E-state index is 0.0977. The van der Waals surface area contributed by atoms with Crippen molar-refractivity contribution in [1.29, 1.82) is 0 Å². The normalized spacial score (nSPS) is 10.3. The number of aryl methyl sites for hydroxylation is 2. The highest BCUT2D eigenvalue weighted by atomic mass is 19.1. The van der Waals surface area contributed by atoms with Crippen molar-refractivity contribution in [2.75, 3.05) is 0 Å². The first-order valence-corrected chi connectivity index (χ1v) is 5.63. The molecule has 0 aliphatic carbocycles. The molecule has 0 bridgehead atoms. The molecular formula is C14H12FNO2. The average Bonchev–Trinajstić information content (AvgIpc) is 2.38. The maximum atomic E-state index is 12.7. The predicted molar refractivity (Wildman–Crippen MR) is 66.9 cm³/mol. The second-order valence-electron chi connectivity index (χ2n) is 4.05. The zero-order valence-electron chi connectivity index (χ0n) is 9.67. The Morgan fingerprint density at radius 3 is 1.78 bits per heavy atom. The first-order chi connectivity index (χ1) is 8.65. The molecule has 0 aromatic heterocycles. The van der Waals surface area contributed by atoms with Gasteiger partial charge in [-0.1, -0.05) is 24.3 Å². The fourth-order valence-electron chi connectivity index (χ4n) is 1.72. The highest BCUT2D eigenvalue weighted by Gasteiger charge is 2.03. The van der Waals surface area contributed by atoms with Crippen molar-refractivity contribution in [2.24, 2.45) is 0 Å². The number of hydrogen-bond donors (Lipinski definition) is 0. The van der Waals surface area contributed by atoms with Crippen molar-refractivity contribution in [3.05, 3.63) is 75.6 Å². The third-order valence-corrected chi connectivity index (χ3v) is 2.76. The summed E-state index contributed by atoms with van der Waals surface area (Å²) in [5.74, 6) is -0.242. The van der Waals surface area contributed by atoms with E-state index in [4.69, 9.17) is 0 Å². The molecule has 18 heavy (non-hydrogen) atoms. The van der Waals surface area contributed by atoms with Crippen LogP contribution in [0.3, 0.4) is 0 Å². The van der Waals surface area contributed by atoms with E-state index >= 15 is 0 Å². The molecule has 0 unspecified atom stereocenters. The number of nitro groups is 1. The minimum Gasteiger partial charge on any atom is -0.258 e. The van der Waals surface area contributed by atoms with Crippen LogP contribution in [0.4, 0.5) is 10.1 Å². The summed E-state index contributed by atoms with van der Waals surface area (Å²) in [5, 5.41) is 10.5. The standard InChI is InChI=1S/C14H12FNO2/c15-13-7-3-11(4-8-13)1-2-12-5-9-14(10-6-12)16(17)18/h3-10H,1-2H2. The summed E-state index contributed by atoms with van der Waals surface area (Å²) in [7, 11) is 0. The van der Waals surface area contributed by atoms with Crippen LogP contribution in [0.5, 0.6) is 0 Å². The van der Waals surface area contributed by atoms with E-state index in [0.717, 1.165) is 24.0 Å². The Hall–Kier alpha value is -2.23. The van der Waals surface area contributed by atoms with E-state index in [9.17, 15) is 14.5 Å². The van der Waals surface area contributed by atoms with Crippen molar-refractivity contribution in [2.45, 2.75) is 12.8 Å². The van der Waals surface area contributed by atoms with Gasteiger partial charge >= 0.3 is 0 Å². The molecule has 0 fully saturated rings. The lowest BCUT2D eigenvalue weighted by Crippen LogP contribution is -1.93. The Morgan fingerprint density at radius 1 is 0.889 bits per heavy atom. The van der Waals surface area contributed by atoms with Gasteiger partial charge in [-0.15, -0.1) is 0 Å². The fraction of sp³-hybridized carbons (Fsp3) is 0.143. The van der Waals surface area contributed by atoms with Crippen molar-refractivity contribution >= 4 is 5.69 Å². The van der Waals surface area contributed by atoms with Crippen LogP contribution >= 0.6 is 0 Å². The van der Waals surface area contributed by atoms with E-state index in [1.807, 2.05) is 0 Å². The lowest BCUT2D eigenvalue weighted by molar-refractivity contribution is -0.384. The maximum Gasteiger partial charge on any atom is 0.269 e. The summed E-state index contributed by atoms with van der Waals surface area (Å²) in [6.07, 6.45) is 1.57. The van der Waals surface area contributed by atoms with Crippen molar-refractivity contribution in [1.82, 2.24) is 0 Å². The van der Waals surface area contributed by atoms with Gasteiger partial charge in [0.2, 0.25) is 0 Å². The highest BCUT2D eigenvalue weighted by molar-refractivity contribution is 5.33. The molecule has 0 aliphatic rings. The van der Waals surface area contributed by atoms with Gasteiger partial charge in [0.15, 0.2) is 0 Å². The monoisotopic (exact) mass is 245 g/mol. The van der Waals surface area contributed by atoms with Crippen molar-refractivity contribution < 1.29 is 9.31 Å². The van der Waals surface area contributed by atoms with Gasteiger partial charge in [-0.2, -0.15) is 0 Å². The molecular weight excluding hydrogens is 233 g/mol. The fourth-order valence-corrected chi connectivity index (χ4v) is 1.72. The molecule has 0 aliphatic heterocycles. The summed E-state index contributed by atoms with van der Waals surface area (Å²) in [6, 6.07) is 12.9. The molecule has 92 valence electrons. The van der Waals surface area contributed by atoms with Crippen LogP contribution in [0, 0.1) is 15.9 Å². The van der Waals surface area contributed by atoms with E-state index < -0.39 is 4.92 Å². The first kappa shape index (κ1) is 12.2. The van der Waals surface area contributed by atoms with Crippen LogP contribution in [0.1, 0.15) is 11.1 Å². The van der Waals surface area contributed by atoms with Crippen molar-refractivity contribution in [3.63, 3.8) is 0 Å². The van der Waals surface area contributed by atoms with Crippen LogP contribution < -0.4 is 0 Å². The van der Waals surface area contributed by atoms with Crippen LogP contribution in [0.2, 0.25) is 0 Å². The van der Waals surface area contributed by atoms with Gasteiger partial charge in [-0.3, -0.25) is 10.1 Å². The summed E-state index contributed by atoms with van der Waals surface area (Å²) in [4.78, 5) is 10.1. The highest BCUT2D eigenvalue weighted by Crippen LogP contribution is 2.14. The molecule has 0 heterocycles. The van der Waals surface area contributed by atoms with Gasteiger partial charge in [0.05, 0.1) is 4.92 Å². The van der Waals surface area contributed by atoms with E-state index in [1.54, 1.807) is 24.3 Å². The molecule has 0 saturated heterocycles. The third-order valence-electron chi connectivity index (χ3n) is 2.76. The van der Waals surface area contributed by atoms with E-state index in [0.29, 0.717) is 0 Å². The lowest BCUT2D eigenvalue weighted by Gasteiger charge is -2.02. The average molecular weight is 245 g/mol. The van der Waals surface area contributed by atoms with Gasteiger partial charge in [-0.05, 0) is 36.1 Å². The second kappa shape index (κ2) is 5.40. The molecule has 3 nitrogen and oxygen atoms in total. The molecule has 2 aromatic rings. The third kappa shape index (κ3) is 3.13. The molecule has 0 saturated carbocycles. The summed E-state index contributed by atoms with van der Waals surface area (Å²) >= 11 is 0. The quantitative estimate of drug-likeness (QED) is 0.611. The van der Waals surface area contributed by atoms with E-state index in [1.165, 1.54) is 24.3 Å². The second-order valence-corrected chi connectivity index (χ2v) is 4.05. The molecule has 0 atom stereocenters. The van der Waals surface area contributed by atoms with Crippen LogP contribution in [0.25, 0.3) is 0 Å². The Kier molecular flexibility index (Phi) is 3.67. The van der Waals surface area contributed by atoms with Gasteiger partial charge in [0, 0.05) is 12.1 Å². The molecule has 4 heteroatoms. The van der Waals surface area contributed by atoms with Gasteiger partial charge in [0.25, 0.3) is 5.69 Å². The molecule has 0 amide bonds. The largest absolute Gasteiger partial charge is 0.269 e. The maximum absolute atomic E-state index is 12.7. The molecule has 0 spiro atoms. The summed E-state index contributed by atoms with van der Waals surface area (Å²) in [5.41, 5.74) is 2.18. The Balaban J connectivity index is 1.97. The number of benzene rings is 2. The zero-order chi connectivity index (χ0) is 13.0. The Bertz CT molecular complexity index is 535. The molecule has 0 radical (unpaired) electrons. The van der Waals surface area contributed by atoms with Crippen molar-refractivity contribution in [3.8, 4) is 0 Å².